The van der Waals surface area contributed by atoms with Crippen LogP contribution in [0.2, 0.25) is 0 Å². The summed E-state index contributed by atoms with van der Waals surface area (Å²) in [6.45, 7) is 3.31. The van der Waals surface area contributed by atoms with Crippen LogP contribution in [0.15, 0.2) is 47.4 Å². The van der Waals surface area contributed by atoms with Crippen LogP contribution in [0.5, 0.6) is 0 Å². The van der Waals surface area contributed by atoms with Gasteiger partial charge >= 0.3 is 0 Å². The summed E-state index contributed by atoms with van der Waals surface area (Å²) in [5, 5.41) is 0. The number of halogens is 1. The van der Waals surface area contributed by atoms with Crippen LogP contribution in [0.25, 0.3) is 0 Å². The first-order valence-corrected chi connectivity index (χ1v) is 7.92. The fourth-order valence-electron chi connectivity index (χ4n) is 2.06. The van der Waals surface area contributed by atoms with E-state index in [1.807, 2.05) is 0 Å². The molecular formula is C15H17FN2O2S. The van der Waals surface area contributed by atoms with Gasteiger partial charge in [-0.3, -0.25) is 0 Å². The summed E-state index contributed by atoms with van der Waals surface area (Å²) in [5.74, 6) is -0.404. The van der Waals surface area contributed by atoms with Gasteiger partial charge in [-0.1, -0.05) is 18.2 Å². The van der Waals surface area contributed by atoms with Crippen molar-refractivity contribution >= 4 is 15.7 Å². The number of nitrogen functional groups attached to an aromatic ring is 1. The van der Waals surface area contributed by atoms with E-state index in [0.29, 0.717) is 16.8 Å². The molecule has 0 saturated carbocycles. The molecule has 0 heterocycles. The molecule has 4 nitrogen and oxygen atoms in total. The van der Waals surface area contributed by atoms with Crippen molar-refractivity contribution in [1.29, 1.82) is 0 Å². The van der Waals surface area contributed by atoms with Crippen molar-refractivity contribution in [3.63, 3.8) is 0 Å². The van der Waals surface area contributed by atoms with Crippen LogP contribution in [-0.4, -0.2) is 8.42 Å². The normalized spacial score (nSPS) is 13.1. The molecule has 1 unspecified atom stereocenters. The van der Waals surface area contributed by atoms with E-state index < -0.39 is 21.9 Å². The van der Waals surface area contributed by atoms with Gasteiger partial charge in [0.2, 0.25) is 10.0 Å². The van der Waals surface area contributed by atoms with E-state index in [0.717, 1.165) is 0 Å². The number of nitrogens with one attached hydrogen (secondary N) is 1. The van der Waals surface area contributed by atoms with Gasteiger partial charge in [-0.2, -0.15) is 0 Å². The Labute approximate surface area is 123 Å². The summed E-state index contributed by atoms with van der Waals surface area (Å²) < 4.78 is 40.6. The number of benzene rings is 2. The Kier molecular flexibility index (Phi) is 4.29. The van der Waals surface area contributed by atoms with E-state index in [2.05, 4.69) is 4.72 Å². The molecule has 0 fully saturated rings. The molecule has 6 heteroatoms. The molecule has 0 radical (unpaired) electrons. The minimum atomic E-state index is -3.73. The molecule has 0 amide bonds. The van der Waals surface area contributed by atoms with Crippen LogP contribution < -0.4 is 10.5 Å². The molecular weight excluding hydrogens is 291 g/mol. The summed E-state index contributed by atoms with van der Waals surface area (Å²) in [5.41, 5.74) is 7.20. The van der Waals surface area contributed by atoms with Crippen LogP contribution in [-0.2, 0) is 10.0 Å². The fraction of sp³-hybridized carbons (Fsp3) is 0.200. The van der Waals surface area contributed by atoms with Crippen LogP contribution >= 0.6 is 0 Å². The van der Waals surface area contributed by atoms with E-state index in [4.69, 9.17) is 5.73 Å². The van der Waals surface area contributed by atoms with E-state index in [9.17, 15) is 12.8 Å². The van der Waals surface area contributed by atoms with Crippen molar-refractivity contribution in [2.24, 2.45) is 0 Å². The second kappa shape index (κ2) is 5.83. The highest BCUT2D eigenvalue weighted by atomic mass is 32.2. The lowest BCUT2D eigenvalue weighted by molar-refractivity contribution is 0.564. The predicted molar refractivity (Wildman–Crippen MR) is 80.7 cm³/mol. The van der Waals surface area contributed by atoms with E-state index in [1.54, 1.807) is 38.1 Å². The first-order valence-electron chi connectivity index (χ1n) is 6.44. The quantitative estimate of drug-likeness (QED) is 0.853. The minimum Gasteiger partial charge on any atom is -0.398 e. The average Bonchev–Trinajstić information content (AvgIpc) is 2.41. The zero-order valence-corrected chi connectivity index (χ0v) is 12.6. The molecule has 0 aromatic heterocycles. The summed E-state index contributed by atoms with van der Waals surface area (Å²) in [6.07, 6.45) is 0. The molecule has 0 aliphatic rings. The van der Waals surface area contributed by atoms with Crippen molar-refractivity contribution < 1.29 is 12.8 Å². The molecule has 112 valence electrons. The molecule has 2 rings (SSSR count). The van der Waals surface area contributed by atoms with Crippen molar-refractivity contribution in [1.82, 2.24) is 4.72 Å². The summed E-state index contributed by atoms with van der Waals surface area (Å²) in [7, 11) is -3.73. The first-order chi connectivity index (χ1) is 9.81. The van der Waals surface area contributed by atoms with Crippen LogP contribution in [0.3, 0.4) is 0 Å². The van der Waals surface area contributed by atoms with Gasteiger partial charge in [-0.05, 0) is 49.2 Å². The molecule has 2 aromatic carbocycles. The second-order valence-corrected chi connectivity index (χ2v) is 6.55. The molecule has 0 aliphatic carbocycles. The van der Waals surface area contributed by atoms with Gasteiger partial charge in [-0.15, -0.1) is 0 Å². The Morgan fingerprint density at radius 3 is 2.52 bits per heavy atom. The molecule has 0 spiro atoms. The Bertz CT molecular complexity index is 760. The van der Waals surface area contributed by atoms with Gasteiger partial charge in [0.25, 0.3) is 0 Å². The van der Waals surface area contributed by atoms with E-state index in [1.165, 1.54) is 18.2 Å². The number of nitrogens with two attached hydrogens (primary N) is 1. The second-order valence-electron chi connectivity index (χ2n) is 4.87. The lowest BCUT2D eigenvalue weighted by Crippen LogP contribution is -2.27. The lowest BCUT2D eigenvalue weighted by atomic mass is 10.1. The van der Waals surface area contributed by atoms with E-state index >= 15 is 0 Å². The van der Waals surface area contributed by atoms with Gasteiger partial charge in [0.05, 0.1) is 4.90 Å². The molecule has 3 N–H and O–H groups in total. The first kappa shape index (κ1) is 15.5. The lowest BCUT2D eigenvalue weighted by Gasteiger charge is -2.16. The Balaban J connectivity index is 2.31. The van der Waals surface area contributed by atoms with E-state index in [-0.39, 0.29) is 4.90 Å². The maximum Gasteiger partial charge on any atom is 0.241 e. The average molecular weight is 308 g/mol. The van der Waals surface area contributed by atoms with Gasteiger partial charge in [0, 0.05) is 11.7 Å². The van der Waals surface area contributed by atoms with Crippen LogP contribution in [0, 0.1) is 12.7 Å². The van der Waals surface area contributed by atoms with Crippen molar-refractivity contribution in [2.75, 3.05) is 5.73 Å². The fourth-order valence-corrected chi connectivity index (χ4v) is 3.57. The molecule has 0 aliphatic heterocycles. The highest BCUT2D eigenvalue weighted by Gasteiger charge is 2.21. The predicted octanol–water partition coefficient (Wildman–Crippen LogP) is 2.76. The van der Waals surface area contributed by atoms with Gasteiger partial charge in [0.1, 0.15) is 5.82 Å². The van der Waals surface area contributed by atoms with Crippen LogP contribution in [0.1, 0.15) is 24.1 Å². The number of hydrogen-bond donors (Lipinski definition) is 2. The standard InChI is InChI=1S/C15H17FN2O2S/c1-10-14(17)7-4-8-15(10)21(19,20)18-11(2)12-5-3-6-13(16)9-12/h3-9,11,18H,17H2,1-2H3. The van der Waals surface area contributed by atoms with Crippen LogP contribution in [0.4, 0.5) is 10.1 Å². The maximum absolute atomic E-state index is 13.2. The zero-order chi connectivity index (χ0) is 15.6. The number of rotatable bonds is 4. The van der Waals surface area contributed by atoms with Gasteiger partial charge in [-0.25, -0.2) is 17.5 Å². The highest BCUT2D eigenvalue weighted by Crippen LogP contribution is 2.23. The molecule has 21 heavy (non-hydrogen) atoms. The number of sulfonamides is 1. The third kappa shape index (κ3) is 3.40. The molecule has 0 bridgehead atoms. The third-order valence-electron chi connectivity index (χ3n) is 3.30. The summed E-state index contributed by atoms with van der Waals surface area (Å²) >= 11 is 0. The summed E-state index contributed by atoms with van der Waals surface area (Å²) in [6, 6.07) is 10.0. The zero-order valence-electron chi connectivity index (χ0n) is 11.8. The Morgan fingerprint density at radius 2 is 1.86 bits per heavy atom. The van der Waals surface area contributed by atoms with Gasteiger partial charge < -0.3 is 5.73 Å². The number of hydrogen-bond acceptors (Lipinski definition) is 3. The molecule has 0 saturated heterocycles. The summed E-state index contributed by atoms with van der Waals surface area (Å²) in [4.78, 5) is 0.130. The topological polar surface area (TPSA) is 72.2 Å². The molecule has 1 atom stereocenters. The van der Waals surface area contributed by atoms with Crippen molar-refractivity contribution in [2.45, 2.75) is 24.8 Å². The Hall–Kier alpha value is -1.92. The highest BCUT2D eigenvalue weighted by molar-refractivity contribution is 7.89. The third-order valence-corrected chi connectivity index (χ3v) is 4.98. The largest absolute Gasteiger partial charge is 0.398 e. The minimum absolute atomic E-state index is 0.130. The maximum atomic E-state index is 13.2. The Morgan fingerprint density at radius 1 is 1.19 bits per heavy atom. The van der Waals surface area contributed by atoms with Crippen molar-refractivity contribution in [3.05, 3.63) is 59.4 Å². The SMILES string of the molecule is Cc1c(N)cccc1S(=O)(=O)NC(C)c1cccc(F)c1. The smallest absolute Gasteiger partial charge is 0.241 e. The molecule has 2 aromatic rings. The number of anilines is 1. The monoisotopic (exact) mass is 308 g/mol. The van der Waals surface area contributed by atoms with Crippen molar-refractivity contribution in [3.8, 4) is 0 Å². The van der Waals surface area contributed by atoms with Gasteiger partial charge in [0.15, 0.2) is 0 Å².